The molecule has 7 heteroatoms. The molecule has 174 valence electrons. The van der Waals surface area contributed by atoms with Gasteiger partial charge in [0.1, 0.15) is 5.75 Å². The minimum atomic E-state index is -0.495. The third-order valence-electron chi connectivity index (χ3n) is 5.17. The van der Waals surface area contributed by atoms with Crippen molar-refractivity contribution < 1.29 is 14.3 Å². The second-order valence-electron chi connectivity index (χ2n) is 7.81. The van der Waals surface area contributed by atoms with Crippen LogP contribution in [0.15, 0.2) is 59.6 Å². The first-order valence-corrected chi connectivity index (χ1v) is 11.4. The van der Waals surface area contributed by atoms with Gasteiger partial charge in [-0.2, -0.15) is 4.99 Å². The molecule has 0 bridgehead atoms. The van der Waals surface area contributed by atoms with Crippen LogP contribution in [0, 0.1) is 0 Å². The molecular formula is C26H32N4O3. The standard InChI is InChI=1S/C26H32N4O3/c1-2-3-15-32-16-7-4-8-17-33-20-13-11-19(12-14-20)24-18-22(25(31)30-26(27)28)21-9-5-6-10-23(21)29-24/h5-6,9-14,18H,2-4,7-8,15-17H2,1H3,(H4,27,28,30,31). The Labute approximate surface area is 194 Å². The first-order chi connectivity index (χ1) is 16.1. The zero-order valence-electron chi connectivity index (χ0n) is 19.1. The van der Waals surface area contributed by atoms with Crippen molar-refractivity contribution in [3.05, 3.63) is 60.2 Å². The summed E-state index contributed by atoms with van der Waals surface area (Å²) < 4.78 is 11.4. The van der Waals surface area contributed by atoms with Gasteiger partial charge < -0.3 is 20.9 Å². The largest absolute Gasteiger partial charge is 0.494 e. The number of aromatic nitrogens is 1. The van der Waals surface area contributed by atoms with Crippen LogP contribution in [0.4, 0.5) is 0 Å². The number of amides is 1. The lowest BCUT2D eigenvalue weighted by Crippen LogP contribution is -2.24. The highest BCUT2D eigenvalue weighted by molar-refractivity contribution is 6.10. The summed E-state index contributed by atoms with van der Waals surface area (Å²) in [6.07, 6.45) is 5.42. The number of nitrogens with zero attached hydrogens (tertiary/aromatic N) is 2. The third kappa shape index (κ3) is 7.29. The molecule has 33 heavy (non-hydrogen) atoms. The Hall–Kier alpha value is -3.45. The summed E-state index contributed by atoms with van der Waals surface area (Å²) >= 11 is 0. The summed E-state index contributed by atoms with van der Waals surface area (Å²) in [6, 6.07) is 16.8. The van der Waals surface area contributed by atoms with E-state index in [9.17, 15) is 4.79 Å². The number of fused-ring (bicyclic) bond motifs is 1. The number of carbonyl (C=O) groups excluding carboxylic acids is 1. The van der Waals surface area contributed by atoms with Gasteiger partial charge in [0, 0.05) is 24.2 Å². The minimum absolute atomic E-state index is 0.270. The molecule has 0 spiro atoms. The summed E-state index contributed by atoms with van der Waals surface area (Å²) in [7, 11) is 0. The Morgan fingerprint density at radius 2 is 1.67 bits per heavy atom. The van der Waals surface area contributed by atoms with Crippen molar-refractivity contribution in [3.63, 3.8) is 0 Å². The monoisotopic (exact) mass is 448 g/mol. The van der Waals surface area contributed by atoms with Gasteiger partial charge in [0.25, 0.3) is 5.91 Å². The fraction of sp³-hybridized carbons (Fsp3) is 0.346. The average molecular weight is 449 g/mol. The van der Waals surface area contributed by atoms with E-state index < -0.39 is 5.91 Å². The normalized spacial score (nSPS) is 10.8. The molecule has 1 aromatic heterocycles. The van der Waals surface area contributed by atoms with Crippen LogP contribution in [0.2, 0.25) is 0 Å². The van der Waals surface area contributed by atoms with Gasteiger partial charge in [0.05, 0.1) is 23.4 Å². The zero-order chi connectivity index (χ0) is 23.5. The molecule has 7 nitrogen and oxygen atoms in total. The first-order valence-electron chi connectivity index (χ1n) is 11.4. The maximum Gasteiger partial charge on any atom is 0.280 e. The summed E-state index contributed by atoms with van der Waals surface area (Å²) in [5, 5.41) is 0.701. The van der Waals surface area contributed by atoms with Gasteiger partial charge in [-0.15, -0.1) is 0 Å². The van der Waals surface area contributed by atoms with Crippen molar-refractivity contribution in [2.75, 3.05) is 19.8 Å². The predicted molar refractivity (Wildman–Crippen MR) is 132 cm³/mol. The van der Waals surface area contributed by atoms with Crippen LogP contribution in [0.1, 0.15) is 49.4 Å². The minimum Gasteiger partial charge on any atom is -0.494 e. The van der Waals surface area contributed by atoms with Crippen LogP contribution in [-0.4, -0.2) is 36.7 Å². The van der Waals surface area contributed by atoms with Gasteiger partial charge in [0.2, 0.25) is 0 Å². The van der Waals surface area contributed by atoms with Crippen molar-refractivity contribution in [3.8, 4) is 17.0 Å². The number of nitrogens with two attached hydrogens (primary N) is 2. The molecule has 1 heterocycles. The molecule has 0 radical (unpaired) electrons. The topological polar surface area (TPSA) is 113 Å². The SMILES string of the molecule is CCCCOCCCCCOc1ccc(-c2cc(C(=O)N=C(N)N)c3ccccc3n2)cc1. The van der Waals surface area contributed by atoms with E-state index >= 15 is 0 Å². The van der Waals surface area contributed by atoms with Crippen LogP contribution in [0.5, 0.6) is 5.75 Å². The Bertz CT molecular complexity index is 1080. The van der Waals surface area contributed by atoms with E-state index in [2.05, 4.69) is 11.9 Å². The molecule has 0 saturated carbocycles. The molecule has 2 aromatic carbocycles. The summed E-state index contributed by atoms with van der Waals surface area (Å²) in [6.45, 7) is 4.51. The molecule has 1 amide bonds. The number of hydrogen-bond acceptors (Lipinski definition) is 4. The van der Waals surface area contributed by atoms with Crippen molar-refractivity contribution >= 4 is 22.8 Å². The maximum atomic E-state index is 12.6. The van der Waals surface area contributed by atoms with Crippen LogP contribution in [0.3, 0.4) is 0 Å². The number of hydrogen-bond donors (Lipinski definition) is 2. The smallest absolute Gasteiger partial charge is 0.280 e. The molecular weight excluding hydrogens is 416 g/mol. The number of carbonyl (C=O) groups is 1. The fourth-order valence-electron chi connectivity index (χ4n) is 3.42. The number of aliphatic imine (C=N–C) groups is 1. The molecule has 0 atom stereocenters. The molecule has 0 fully saturated rings. The van der Waals surface area contributed by atoms with E-state index in [0.29, 0.717) is 28.8 Å². The van der Waals surface area contributed by atoms with Gasteiger partial charge in [-0.25, -0.2) is 4.98 Å². The van der Waals surface area contributed by atoms with Crippen LogP contribution in [0.25, 0.3) is 22.2 Å². The van der Waals surface area contributed by atoms with Crippen molar-refractivity contribution in [2.24, 2.45) is 16.5 Å². The Morgan fingerprint density at radius 1 is 0.939 bits per heavy atom. The lowest BCUT2D eigenvalue weighted by atomic mass is 10.0. The summed E-state index contributed by atoms with van der Waals surface area (Å²) in [5.74, 6) is 0.0362. The third-order valence-corrected chi connectivity index (χ3v) is 5.17. The van der Waals surface area contributed by atoms with Crippen LogP contribution in [-0.2, 0) is 4.74 Å². The average Bonchev–Trinajstić information content (AvgIpc) is 2.82. The number of pyridine rings is 1. The second-order valence-corrected chi connectivity index (χ2v) is 7.81. The fourth-order valence-corrected chi connectivity index (χ4v) is 3.42. The quantitative estimate of drug-likeness (QED) is 0.236. The van der Waals surface area contributed by atoms with Crippen LogP contribution < -0.4 is 16.2 Å². The van der Waals surface area contributed by atoms with Gasteiger partial charge in [-0.1, -0.05) is 31.5 Å². The number of guanidine groups is 1. The molecule has 0 aliphatic heterocycles. The molecule has 4 N–H and O–H groups in total. The van der Waals surface area contributed by atoms with Gasteiger partial charge in [-0.3, -0.25) is 4.79 Å². The summed E-state index contributed by atoms with van der Waals surface area (Å²) in [5.41, 5.74) is 13.4. The van der Waals surface area contributed by atoms with Gasteiger partial charge >= 0.3 is 0 Å². The van der Waals surface area contributed by atoms with Crippen LogP contribution >= 0.6 is 0 Å². The molecule has 0 aliphatic carbocycles. The number of unbranched alkanes of at least 4 members (excludes halogenated alkanes) is 3. The molecule has 0 unspecified atom stereocenters. The Morgan fingerprint density at radius 3 is 2.42 bits per heavy atom. The van der Waals surface area contributed by atoms with Crippen molar-refractivity contribution in [2.45, 2.75) is 39.0 Å². The lowest BCUT2D eigenvalue weighted by molar-refractivity contribution is 0.100. The number of ether oxygens (including phenoxy) is 2. The van der Waals surface area contributed by atoms with Gasteiger partial charge in [-0.05, 0) is 62.1 Å². The van der Waals surface area contributed by atoms with E-state index in [4.69, 9.17) is 25.9 Å². The maximum absolute atomic E-state index is 12.6. The predicted octanol–water partition coefficient (Wildman–Crippen LogP) is 4.68. The van der Waals surface area contributed by atoms with E-state index in [0.717, 1.165) is 50.2 Å². The molecule has 3 aromatic rings. The second kappa shape index (κ2) is 12.6. The van der Waals surface area contributed by atoms with E-state index in [1.165, 1.54) is 6.42 Å². The number of benzene rings is 2. The number of para-hydroxylation sites is 1. The first kappa shape index (κ1) is 24.2. The van der Waals surface area contributed by atoms with Gasteiger partial charge in [0.15, 0.2) is 5.96 Å². The highest BCUT2D eigenvalue weighted by Gasteiger charge is 2.14. The highest BCUT2D eigenvalue weighted by Crippen LogP contribution is 2.27. The van der Waals surface area contributed by atoms with Crippen molar-refractivity contribution in [1.29, 1.82) is 0 Å². The zero-order valence-corrected chi connectivity index (χ0v) is 19.1. The van der Waals surface area contributed by atoms with E-state index in [1.54, 1.807) is 6.07 Å². The molecule has 3 rings (SSSR count). The Kier molecular flexibility index (Phi) is 9.20. The molecule has 0 saturated heterocycles. The number of rotatable bonds is 12. The van der Waals surface area contributed by atoms with E-state index in [-0.39, 0.29) is 5.96 Å². The van der Waals surface area contributed by atoms with Crippen molar-refractivity contribution in [1.82, 2.24) is 4.98 Å². The Balaban J connectivity index is 1.62. The lowest BCUT2D eigenvalue weighted by Gasteiger charge is -2.10. The van der Waals surface area contributed by atoms with E-state index in [1.807, 2.05) is 48.5 Å². The highest BCUT2D eigenvalue weighted by atomic mass is 16.5. The summed E-state index contributed by atoms with van der Waals surface area (Å²) in [4.78, 5) is 21.0. The molecule has 0 aliphatic rings.